The SMILES string of the molecule is CC(C)(N)CN(C(=O)O)C1(c2ccc(F)c(OC(F)(F)F)c2)CC1. The standard InChI is InChI=1S/C15H18F4N2O3/c1-13(2,20)8-21(12(22)23)14(5-6-14)9-3-4-10(16)11(7-9)24-15(17,18)19/h3-4,7H,5-6,8,20H2,1-2H3,(H,22,23). The van der Waals surface area contributed by atoms with Crippen LogP contribution in [0, 0.1) is 5.82 Å². The zero-order chi connectivity index (χ0) is 18.3. The smallest absolute Gasteiger partial charge is 0.465 e. The summed E-state index contributed by atoms with van der Waals surface area (Å²) in [6.45, 7) is 3.26. The van der Waals surface area contributed by atoms with Gasteiger partial charge in [-0.15, -0.1) is 13.2 Å². The number of halogens is 4. The van der Waals surface area contributed by atoms with Crippen molar-refractivity contribution in [1.82, 2.24) is 4.90 Å². The van der Waals surface area contributed by atoms with Gasteiger partial charge in [0, 0.05) is 12.1 Å². The van der Waals surface area contributed by atoms with Crippen molar-refractivity contribution in [3.8, 4) is 5.75 Å². The maximum absolute atomic E-state index is 13.6. The van der Waals surface area contributed by atoms with Gasteiger partial charge in [0.25, 0.3) is 0 Å². The molecule has 0 bridgehead atoms. The second-order valence-corrected chi connectivity index (χ2v) is 6.58. The van der Waals surface area contributed by atoms with E-state index in [9.17, 15) is 27.5 Å². The van der Waals surface area contributed by atoms with Crippen molar-refractivity contribution < 1.29 is 32.2 Å². The quantitative estimate of drug-likeness (QED) is 0.798. The molecule has 0 heterocycles. The van der Waals surface area contributed by atoms with Gasteiger partial charge in [0.1, 0.15) is 0 Å². The topological polar surface area (TPSA) is 75.8 Å². The number of rotatable bonds is 5. The van der Waals surface area contributed by atoms with Crippen molar-refractivity contribution in [2.45, 2.75) is 44.1 Å². The molecule has 1 fully saturated rings. The number of carbonyl (C=O) groups is 1. The maximum atomic E-state index is 13.6. The molecule has 0 saturated heterocycles. The van der Waals surface area contributed by atoms with Gasteiger partial charge in [0.15, 0.2) is 11.6 Å². The molecule has 5 nitrogen and oxygen atoms in total. The third-order valence-corrected chi connectivity index (χ3v) is 3.73. The Morgan fingerprint density at radius 3 is 2.38 bits per heavy atom. The molecule has 0 unspecified atom stereocenters. The zero-order valence-electron chi connectivity index (χ0n) is 13.2. The van der Waals surface area contributed by atoms with Crippen LogP contribution in [0.1, 0.15) is 32.3 Å². The predicted octanol–water partition coefficient (Wildman–Crippen LogP) is 3.43. The molecule has 1 amide bonds. The molecule has 0 atom stereocenters. The van der Waals surface area contributed by atoms with Crippen LogP contribution >= 0.6 is 0 Å². The van der Waals surface area contributed by atoms with Gasteiger partial charge >= 0.3 is 12.5 Å². The number of alkyl halides is 3. The molecule has 134 valence electrons. The fourth-order valence-electron chi connectivity index (χ4n) is 2.64. The monoisotopic (exact) mass is 350 g/mol. The predicted molar refractivity (Wildman–Crippen MR) is 77.0 cm³/mol. The van der Waals surface area contributed by atoms with Crippen LogP contribution in [0.15, 0.2) is 18.2 Å². The van der Waals surface area contributed by atoms with Crippen LogP contribution in [-0.2, 0) is 5.54 Å². The Morgan fingerprint density at radius 1 is 1.38 bits per heavy atom. The van der Waals surface area contributed by atoms with Crippen LogP contribution in [0.4, 0.5) is 22.4 Å². The Labute approximate surface area is 136 Å². The average molecular weight is 350 g/mol. The zero-order valence-corrected chi connectivity index (χ0v) is 13.2. The van der Waals surface area contributed by atoms with E-state index in [4.69, 9.17) is 5.73 Å². The summed E-state index contributed by atoms with van der Waals surface area (Å²) in [5.74, 6) is -2.16. The van der Waals surface area contributed by atoms with Crippen LogP contribution in [0.2, 0.25) is 0 Å². The van der Waals surface area contributed by atoms with Gasteiger partial charge in [-0.05, 0) is 44.4 Å². The van der Waals surface area contributed by atoms with Crippen LogP contribution in [0.25, 0.3) is 0 Å². The van der Waals surface area contributed by atoms with Gasteiger partial charge in [0.05, 0.1) is 5.54 Å². The van der Waals surface area contributed by atoms with Gasteiger partial charge in [0.2, 0.25) is 0 Å². The number of ether oxygens (including phenoxy) is 1. The van der Waals surface area contributed by atoms with Crippen molar-refractivity contribution in [1.29, 1.82) is 0 Å². The number of hydrogen-bond donors (Lipinski definition) is 2. The highest BCUT2D eigenvalue weighted by molar-refractivity contribution is 5.68. The number of hydrogen-bond acceptors (Lipinski definition) is 3. The van der Waals surface area contributed by atoms with E-state index in [0.29, 0.717) is 12.8 Å². The van der Waals surface area contributed by atoms with Crippen molar-refractivity contribution in [3.05, 3.63) is 29.6 Å². The molecule has 24 heavy (non-hydrogen) atoms. The second-order valence-electron chi connectivity index (χ2n) is 6.58. The molecule has 0 aliphatic heterocycles. The molecular weight excluding hydrogens is 332 g/mol. The lowest BCUT2D eigenvalue weighted by Gasteiger charge is -2.35. The fraction of sp³-hybridized carbons (Fsp3) is 0.533. The molecule has 1 aromatic rings. The Balaban J connectivity index is 2.38. The summed E-state index contributed by atoms with van der Waals surface area (Å²) in [7, 11) is 0. The summed E-state index contributed by atoms with van der Waals surface area (Å²) < 4.78 is 54.3. The van der Waals surface area contributed by atoms with E-state index in [-0.39, 0.29) is 12.1 Å². The fourth-order valence-corrected chi connectivity index (χ4v) is 2.64. The highest BCUT2D eigenvalue weighted by atomic mass is 19.4. The van der Waals surface area contributed by atoms with E-state index in [1.807, 2.05) is 0 Å². The lowest BCUT2D eigenvalue weighted by Crippen LogP contribution is -2.51. The summed E-state index contributed by atoms with van der Waals surface area (Å²) in [6.07, 6.45) is -5.46. The Hall–Kier alpha value is -2.03. The van der Waals surface area contributed by atoms with Gasteiger partial charge < -0.3 is 15.6 Å². The summed E-state index contributed by atoms with van der Waals surface area (Å²) in [4.78, 5) is 12.7. The summed E-state index contributed by atoms with van der Waals surface area (Å²) in [5.41, 5.74) is 4.27. The normalized spacial score (nSPS) is 16.6. The minimum atomic E-state index is -5.04. The highest BCUT2D eigenvalue weighted by Gasteiger charge is 2.53. The molecule has 9 heteroatoms. The molecule has 1 aliphatic rings. The first-order valence-electron chi connectivity index (χ1n) is 7.19. The average Bonchev–Trinajstić information content (AvgIpc) is 3.17. The van der Waals surface area contributed by atoms with Crippen LogP contribution in [0.3, 0.4) is 0 Å². The minimum Gasteiger partial charge on any atom is -0.465 e. The maximum Gasteiger partial charge on any atom is 0.573 e. The van der Waals surface area contributed by atoms with Gasteiger partial charge in [-0.3, -0.25) is 4.90 Å². The summed E-state index contributed by atoms with van der Waals surface area (Å²) in [5, 5.41) is 9.47. The number of nitrogens with zero attached hydrogens (tertiary/aromatic N) is 1. The Bertz CT molecular complexity index is 637. The van der Waals surface area contributed by atoms with Crippen molar-refractivity contribution in [2.24, 2.45) is 5.73 Å². The van der Waals surface area contributed by atoms with E-state index in [2.05, 4.69) is 4.74 Å². The molecule has 0 aromatic heterocycles. The molecule has 2 rings (SSSR count). The van der Waals surface area contributed by atoms with Gasteiger partial charge in [-0.25, -0.2) is 9.18 Å². The third kappa shape index (κ3) is 4.08. The van der Waals surface area contributed by atoms with Gasteiger partial charge in [-0.1, -0.05) is 6.07 Å². The highest BCUT2D eigenvalue weighted by Crippen LogP contribution is 2.52. The Morgan fingerprint density at radius 2 is 1.96 bits per heavy atom. The number of amides is 1. The molecule has 1 saturated carbocycles. The van der Waals surface area contributed by atoms with Crippen molar-refractivity contribution >= 4 is 6.09 Å². The van der Waals surface area contributed by atoms with Crippen LogP contribution in [-0.4, -0.2) is 34.5 Å². The summed E-state index contributed by atoms with van der Waals surface area (Å²) in [6, 6.07) is 3.00. The number of carboxylic acid groups (broad SMARTS) is 1. The molecule has 0 radical (unpaired) electrons. The number of nitrogens with two attached hydrogens (primary N) is 1. The minimum absolute atomic E-state index is 0.0187. The lowest BCUT2D eigenvalue weighted by molar-refractivity contribution is -0.275. The van der Waals surface area contributed by atoms with Crippen molar-refractivity contribution in [2.75, 3.05) is 6.54 Å². The second kappa shape index (κ2) is 5.80. The summed E-state index contributed by atoms with van der Waals surface area (Å²) >= 11 is 0. The molecular formula is C15H18F4N2O3. The molecule has 0 spiro atoms. The van der Waals surface area contributed by atoms with Crippen LogP contribution in [0.5, 0.6) is 5.75 Å². The largest absolute Gasteiger partial charge is 0.573 e. The van der Waals surface area contributed by atoms with E-state index in [1.54, 1.807) is 13.8 Å². The van der Waals surface area contributed by atoms with E-state index < -0.39 is 35.1 Å². The van der Waals surface area contributed by atoms with E-state index in [1.165, 1.54) is 6.07 Å². The lowest BCUT2D eigenvalue weighted by atomic mass is 9.99. The van der Waals surface area contributed by atoms with Crippen molar-refractivity contribution in [3.63, 3.8) is 0 Å². The van der Waals surface area contributed by atoms with Crippen LogP contribution < -0.4 is 10.5 Å². The molecule has 3 N–H and O–H groups in total. The third-order valence-electron chi connectivity index (χ3n) is 3.73. The molecule has 1 aliphatic carbocycles. The van der Waals surface area contributed by atoms with E-state index in [0.717, 1.165) is 17.0 Å². The number of benzene rings is 1. The van der Waals surface area contributed by atoms with E-state index >= 15 is 0 Å². The first-order valence-corrected chi connectivity index (χ1v) is 7.19. The first kappa shape index (κ1) is 18.3. The Kier molecular flexibility index (Phi) is 4.43. The van der Waals surface area contributed by atoms with Gasteiger partial charge in [-0.2, -0.15) is 0 Å². The first-order chi connectivity index (χ1) is 10.8. The molecule has 1 aromatic carbocycles.